The molecule has 92 valence electrons. The molecule has 1 aliphatic heterocycles. The molecule has 0 aromatic heterocycles. The number of phenolic OH excluding ortho intramolecular Hbond substituents is 1. The maximum atomic E-state index is 9.93. The third kappa shape index (κ3) is 2.07. The monoisotopic (exact) mass is 234 g/mol. The Morgan fingerprint density at radius 3 is 2.06 bits per heavy atom. The fourth-order valence-corrected chi connectivity index (χ4v) is 1.82. The molecule has 0 atom stereocenters. The van der Waals surface area contributed by atoms with Gasteiger partial charge in [0, 0.05) is 5.46 Å². The summed E-state index contributed by atoms with van der Waals surface area (Å²) in [5.41, 5.74) is 0.946. The minimum atomic E-state index is -0.499. The molecule has 1 saturated heterocycles. The highest BCUT2D eigenvalue weighted by atomic mass is 16.7. The first-order valence-electron chi connectivity index (χ1n) is 5.88. The fourth-order valence-electron chi connectivity index (χ4n) is 1.82. The van der Waals surface area contributed by atoms with Crippen LogP contribution in [-0.4, -0.2) is 23.4 Å². The van der Waals surface area contributed by atoms with Crippen LogP contribution in [-0.2, 0) is 9.31 Å². The van der Waals surface area contributed by atoms with Gasteiger partial charge in [-0.3, -0.25) is 0 Å². The largest absolute Gasteiger partial charge is 0.508 e. The molecule has 0 saturated carbocycles. The van der Waals surface area contributed by atoms with Gasteiger partial charge in [-0.15, -0.1) is 0 Å². The summed E-state index contributed by atoms with van der Waals surface area (Å²) < 4.78 is 11.8. The summed E-state index contributed by atoms with van der Waals surface area (Å²) in [6.45, 7) is 9.93. The topological polar surface area (TPSA) is 38.7 Å². The van der Waals surface area contributed by atoms with E-state index in [0.717, 1.165) is 5.56 Å². The van der Waals surface area contributed by atoms with Crippen molar-refractivity contribution >= 4 is 12.6 Å². The van der Waals surface area contributed by atoms with Crippen LogP contribution < -0.4 is 5.46 Å². The number of phenols is 1. The zero-order valence-electron chi connectivity index (χ0n) is 11.1. The molecule has 0 spiro atoms. The lowest BCUT2D eigenvalue weighted by molar-refractivity contribution is 0.00578. The Labute approximate surface area is 103 Å². The van der Waals surface area contributed by atoms with Crippen LogP contribution in [0, 0.1) is 6.92 Å². The van der Waals surface area contributed by atoms with E-state index in [1.165, 1.54) is 0 Å². The zero-order valence-corrected chi connectivity index (χ0v) is 11.1. The Kier molecular flexibility index (Phi) is 2.75. The van der Waals surface area contributed by atoms with Crippen molar-refractivity contribution in [3.8, 4) is 5.75 Å². The molecule has 17 heavy (non-hydrogen) atoms. The average Bonchev–Trinajstić information content (AvgIpc) is 2.35. The van der Waals surface area contributed by atoms with Crippen molar-refractivity contribution < 1.29 is 14.4 Å². The summed E-state index contributed by atoms with van der Waals surface area (Å²) in [5.74, 6) is 0.225. The van der Waals surface area contributed by atoms with Crippen molar-refractivity contribution in [2.24, 2.45) is 0 Å². The van der Waals surface area contributed by atoms with Crippen molar-refractivity contribution in [1.82, 2.24) is 0 Å². The van der Waals surface area contributed by atoms with E-state index < -0.39 is 7.12 Å². The standard InChI is InChI=1S/C13H19BO3/c1-9-6-7-10(11(15)8-9)14-16-12(2,3)13(4,5)17-14/h6-8,15H,1-5H3. The van der Waals surface area contributed by atoms with E-state index in [1.807, 2.05) is 46.8 Å². The third-order valence-electron chi connectivity index (χ3n) is 3.69. The minimum Gasteiger partial charge on any atom is -0.508 e. The normalized spacial score (nSPS) is 21.8. The molecule has 1 N–H and O–H groups in total. The summed E-state index contributed by atoms with van der Waals surface area (Å²) in [4.78, 5) is 0. The number of benzene rings is 1. The second kappa shape index (κ2) is 3.75. The van der Waals surface area contributed by atoms with Gasteiger partial charge in [-0.25, -0.2) is 0 Å². The van der Waals surface area contributed by atoms with E-state index in [1.54, 1.807) is 6.07 Å². The minimum absolute atomic E-state index is 0.225. The Bertz CT molecular complexity index is 424. The number of hydrogen-bond acceptors (Lipinski definition) is 3. The molecule has 4 heteroatoms. The molecular formula is C13H19BO3. The van der Waals surface area contributed by atoms with Gasteiger partial charge in [-0.05, 0) is 46.2 Å². The van der Waals surface area contributed by atoms with Gasteiger partial charge in [0.05, 0.1) is 11.2 Å². The maximum Gasteiger partial charge on any atom is 0.498 e. The lowest BCUT2D eigenvalue weighted by atomic mass is 9.78. The average molecular weight is 234 g/mol. The molecule has 0 unspecified atom stereocenters. The summed E-state index contributed by atoms with van der Waals surface area (Å²) >= 11 is 0. The van der Waals surface area contributed by atoms with E-state index in [2.05, 4.69) is 0 Å². The lowest BCUT2D eigenvalue weighted by Gasteiger charge is -2.32. The molecule has 3 nitrogen and oxygen atoms in total. The van der Waals surface area contributed by atoms with Crippen LogP contribution in [0.5, 0.6) is 5.75 Å². The lowest BCUT2D eigenvalue weighted by Crippen LogP contribution is -2.41. The highest BCUT2D eigenvalue weighted by Crippen LogP contribution is 2.37. The van der Waals surface area contributed by atoms with Crippen LogP contribution in [0.15, 0.2) is 18.2 Å². The number of aryl methyl sites for hydroxylation is 1. The van der Waals surface area contributed by atoms with Gasteiger partial charge in [-0.1, -0.05) is 12.1 Å². The first-order valence-corrected chi connectivity index (χ1v) is 5.88. The molecular weight excluding hydrogens is 215 g/mol. The molecule has 0 aliphatic carbocycles. The van der Waals surface area contributed by atoms with E-state index >= 15 is 0 Å². The fraction of sp³-hybridized carbons (Fsp3) is 0.538. The first-order chi connectivity index (χ1) is 7.73. The van der Waals surface area contributed by atoms with E-state index in [4.69, 9.17) is 9.31 Å². The quantitative estimate of drug-likeness (QED) is 0.755. The Morgan fingerprint density at radius 2 is 1.59 bits per heavy atom. The third-order valence-corrected chi connectivity index (χ3v) is 3.69. The van der Waals surface area contributed by atoms with Gasteiger partial charge in [0.25, 0.3) is 0 Å². The smallest absolute Gasteiger partial charge is 0.498 e. The van der Waals surface area contributed by atoms with E-state index in [9.17, 15) is 5.11 Å². The van der Waals surface area contributed by atoms with Crippen molar-refractivity contribution in [2.45, 2.75) is 45.8 Å². The molecule has 2 rings (SSSR count). The summed E-state index contributed by atoms with van der Waals surface area (Å²) in [7, 11) is -0.499. The molecule has 1 fully saturated rings. The molecule has 0 amide bonds. The Hall–Kier alpha value is -0.995. The Balaban J connectivity index is 2.32. The zero-order chi connectivity index (χ0) is 12.8. The number of hydrogen-bond donors (Lipinski definition) is 1. The molecule has 1 heterocycles. The number of rotatable bonds is 1. The van der Waals surface area contributed by atoms with Crippen LogP contribution in [0.25, 0.3) is 0 Å². The van der Waals surface area contributed by atoms with Gasteiger partial charge in [0.2, 0.25) is 0 Å². The second-order valence-electron chi connectivity index (χ2n) is 5.65. The van der Waals surface area contributed by atoms with Gasteiger partial charge in [0.1, 0.15) is 5.75 Å². The molecule has 0 bridgehead atoms. The second-order valence-corrected chi connectivity index (χ2v) is 5.65. The first kappa shape index (κ1) is 12.5. The van der Waals surface area contributed by atoms with Crippen molar-refractivity contribution in [3.05, 3.63) is 23.8 Å². The maximum absolute atomic E-state index is 9.93. The van der Waals surface area contributed by atoms with Gasteiger partial charge < -0.3 is 14.4 Å². The number of aromatic hydroxyl groups is 1. The molecule has 0 radical (unpaired) electrons. The van der Waals surface area contributed by atoms with Crippen LogP contribution in [0.1, 0.15) is 33.3 Å². The summed E-state index contributed by atoms with van der Waals surface area (Å²) in [6, 6.07) is 5.52. The van der Waals surface area contributed by atoms with Crippen LogP contribution in [0.4, 0.5) is 0 Å². The summed E-state index contributed by atoms with van der Waals surface area (Å²) in [6.07, 6.45) is 0. The van der Waals surface area contributed by atoms with Crippen molar-refractivity contribution in [1.29, 1.82) is 0 Å². The highest BCUT2D eigenvalue weighted by Gasteiger charge is 2.52. The molecule has 1 aromatic carbocycles. The van der Waals surface area contributed by atoms with Gasteiger partial charge >= 0.3 is 7.12 Å². The van der Waals surface area contributed by atoms with Crippen LogP contribution in [0.3, 0.4) is 0 Å². The van der Waals surface area contributed by atoms with Crippen LogP contribution in [0.2, 0.25) is 0 Å². The Morgan fingerprint density at radius 1 is 1.06 bits per heavy atom. The van der Waals surface area contributed by atoms with E-state index in [-0.39, 0.29) is 17.0 Å². The molecule has 1 aromatic rings. The summed E-state index contributed by atoms with van der Waals surface area (Å²) in [5, 5.41) is 9.93. The van der Waals surface area contributed by atoms with Crippen LogP contribution >= 0.6 is 0 Å². The SMILES string of the molecule is Cc1ccc(B2OC(C)(C)C(C)(C)O2)c(O)c1. The highest BCUT2D eigenvalue weighted by molar-refractivity contribution is 6.63. The predicted octanol–water partition coefficient (Wildman–Crippen LogP) is 2.00. The van der Waals surface area contributed by atoms with Crippen molar-refractivity contribution in [3.63, 3.8) is 0 Å². The van der Waals surface area contributed by atoms with E-state index in [0.29, 0.717) is 5.46 Å². The van der Waals surface area contributed by atoms with Gasteiger partial charge in [-0.2, -0.15) is 0 Å². The predicted molar refractivity (Wildman–Crippen MR) is 68.6 cm³/mol. The van der Waals surface area contributed by atoms with Crippen molar-refractivity contribution in [2.75, 3.05) is 0 Å². The van der Waals surface area contributed by atoms with Gasteiger partial charge in [0.15, 0.2) is 0 Å². The molecule has 1 aliphatic rings.